The van der Waals surface area contributed by atoms with Crippen LogP contribution in [0.5, 0.6) is 5.75 Å². The molecule has 0 saturated carbocycles. The summed E-state index contributed by atoms with van der Waals surface area (Å²) < 4.78 is 77.9. The van der Waals surface area contributed by atoms with E-state index >= 15 is 0 Å². The molecule has 0 aromatic carbocycles. The third-order valence-corrected chi connectivity index (χ3v) is 2.40. The average molecular weight is 342 g/mol. The molecule has 1 aromatic heterocycles. The smallest absolute Gasteiger partial charge is 0.403 e. The highest BCUT2D eigenvalue weighted by Crippen LogP contribution is 2.39. The molecule has 0 aliphatic heterocycles. The number of carbonyl (C=O) groups excluding carboxylic acids is 1. The molecule has 0 fully saturated rings. The van der Waals surface area contributed by atoms with E-state index in [1.807, 2.05) is 0 Å². The van der Waals surface area contributed by atoms with Gasteiger partial charge in [-0.2, -0.15) is 13.2 Å². The van der Waals surface area contributed by atoms with Crippen LogP contribution in [0.2, 0.25) is 0 Å². The van der Waals surface area contributed by atoms with Gasteiger partial charge >= 0.3 is 12.5 Å². The van der Waals surface area contributed by atoms with Gasteiger partial charge in [-0.1, -0.05) is 0 Å². The molecule has 0 atom stereocenters. The van der Waals surface area contributed by atoms with Crippen LogP contribution in [0.1, 0.15) is 21.6 Å². The zero-order chi connectivity index (χ0) is 15.7. The summed E-state index contributed by atoms with van der Waals surface area (Å²) in [6, 6.07) is 0. The summed E-state index contributed by atoms with van der Waals surface area (Å²) in [5.41, 5.74) is -3.92. The molecule has 20 heavy (non-hydrogen) atoms. The Bertz CT molecular complexity index is 528. The van der Waals surface area contributed by atoms with Gasteiger partial charge < -0.3 is 4.74 Å². The average Bonchev–Trinajstić information content (AvgIpc) is 2.24. The van der Waals surface area contributed by atoms with Crippen LogP contribution >= 0.6 is 23.2 Å². The fourth-order valence-electron chi connectivity index (χ4n) is 1.26. The first kappa shape index (κ1) is 16.8. The molecule has 0 amide bonds. The summed E-state index contributed by atoms with van der Waals surface area (Å²) in [5, 5.41) is -1.77. The molecule has 0 saturated heterocycles. The van der Waals surface area contributed by atoms with E-state index in [2.05, 4.69) is 9.72 Å². The van der Waals surface area contributed by atoms with Crippen molar-refractivity contribution >= 4 is 28.4 Å². The maximum Gasteiger partial charge on any atom is 0.573 e. The molecule has 0 radical (unpaired) electrons. The highest BCUT2D eigenvalue weighted by Gasteiger charge is 2.41. The molecule has 112 valence electrons. The summed E-state index contributed by atoms with van der Waals surface area (Å²) in [6.07, 6.45) is -10.3. The molecule has 0 spiro atoms. The van der Waals surface area contributed by atoms with E-state index in [1.54, 1.807) is 0 Å². The molecule has 0 N–H and O–H groups in total. The number of hydrogen-bond donors (Lipinski definition) is 0. The lowest BCUT2D eigenvalue weighted by atomic mass is 10.1. The number of ether oxygens (including phenoxy) is 1. The van der Waals surface area contributed by atoms with Crippen LogP contribution in [0, 0.1) is 0 Å². The van der Waals surface area contributed by atoms with Gasteiger partial charge in [-0.15, -0.1) is 24.8 Å². The normalized spacial score (nSPS) is 12.4. The molecule has 0 aliphatic carbocycles. The highest BCUT2D eigenvalue weighted by molar-refractivity contribution is 6.68. The molecule has 0 aliphatic rings. The number of halogens is 8. The summed E-state index contributed by atoms with van der Waals surface area (Å²) in [4.78, 5) is 14.1. The minimum absolute atomic E-state index is 0.163. The van der Waals surface area contributed by atoms with Gasteiger partial charge in [0.15, 0.2) is 5.75 Å². The number of alkyl halides is 7. The fraction of sp³-hybridized carbons (Fsp3) is 0.333. The Hall–Kier alpha value is -1.22. The zero-order valence-electron chi connectivity index (χ0n) is 9.07. The van der Waals surface area contributed by atoms with Gasteiger partial charge in [-0.3, -0.25) is 9.78 Å². The molecule has 1 heterocycles. The first-order chi connectivity index (χ1) is 8.97. The Labute approximate surface area is 117 Å². The lowest BCUT2D eigenvalue weighted by Crippen LogP contribution is -2.22. The molecular weight excluding hydrogens is 339 g/mol. The molecule has 0 bridgehead atoms. The van der Waals surface area contributed by atoms with E-state index in [0.717, 1.165) is 0 Å². The van der Waals surface area contributed by atoms with Gasteiger partial charge in [0, 0.05) is 6.20 Å². The summed E-state index contributed by atoms with van der Waals surface area (Å²) >= 11 is 10.2. The lowest BCUT2D eigenvalue weighted by Gasteiger charge is -2.17. The second kappa shape index (κ2) is 5.65. The van der Waals surface area contributed by atoms with Crippen LogP contribution in [0.15, 0.2) is 6.20 Å². The van der Waals surface area contributed by atoms with E-state index in [-0.39, 0.29) is 6.20 Å². The summed E-state index contributed by atoms with van der Waals surface area (Å²) in [5.74, 6) is -2.16. The SMILES string of the molecule is O=C(Cl)c1c(C(F)(F)F)cnc(CCl)c1OC(F)(F)F. The van der Waals surface area contributed by atoms with Gasteiger partial charge in [0.25, 0.3) is 5.24 Å². The standard InChI is InChI=1S/C9H3Cl2F6NO2/c10-1-4-6(20-9(15,16)17)5(7(11)19)3(2-18-4)8(12,13)14/h2H,1H2. The molecule has 0 unspecified atom stereocenters. The maximum absolute atomic E-state index is 12.6. The zero-order valence-corrected chi connectivity index (χ0v) is 10.6. The van der Waals surface area contributed by atoms with Crippen molar-refractivity contribution in [3.05, 3.63) is 23.0 Å². The minimum Gasteiger partial charge on any atom is -0.403 e. The topological polar surface area (TPSA) is 39.2 Å². The number of hydrogen-bond acceptors (Lipinski definition) is 3. The Morgan fingerprint density at radius 3 is 2.15 bits per heavy atom. The quantitative estimate of drug-likeness (QED) is 0.471. The van der Waals surface area contributed by atoms with Gasteiger partial charge in [0.05, 0.1) is 22.7 Å². The van der Waals surface area contributed by atoms with Crippen molar-refractivity contribution in [2.45, 2.75) is 18.4 Å². The Kier molecular flexibility index (Phi) is 4.75. The van der Waals surface area contributed by atoms with Crippen molar-refractivity contribution in [3.8, 4) is 5.75 Å². The van der Waals surface area contributed by atoms with Crippen molar-refractivity contribution in [3.63, 3.8) is 0 Å². The third-order valence-electron chi connectivity index (χ3n) is 1.95. The van der Waals surface area contributed by atoms with Crippen LogP contribution in [0.3, 0.4) is 0 Å². The number of nitrogens with zero attached hydrogens (tertiary/aromatic N) is 1. The Morgan fingerprint density at radius 2 is 1.80 bits per heavy atom. The minimum atomic E-state index is -5.34. The first-order valence-electron chi connectivity index (χ1n) is 4.58. The number of carbonyl (C=O) groups is 1. The molecule has 3 nitrogen and oxygen atoms in total. The van der Waals surface area contributed by atoms with Crippen LogP contribution in [0.25, 0.3) is 0 Å². The van der Waals surface area contributed by atoms with Crippen LogP contribution in [-0.2, 0) is 12.1 Å². The van der Waals surface area contributed by atoms with Crippen molar-refractivity contribution in [1.82, 2.24) is 4.98 Å². The van der Waals surface area contributed by atoms with Gasteiger partial charge in [0.2, 0.25) is 0 Å². The van der Waals surface area contributed by atoms with Crippen molar-refractivity contribution in [2.75, 3.05) is 0 Å². The number of pyridine rings is 1. The molecular formula is C9H3Cl2F6NO2. The predicted octanol–water partition coefficient (Wildman–Crippen LogP) is 4.12. The van der Waals surface area contributed by atoms with Crippen LogP contribution < -0.4 is 4.74 Å². The second-order valence-corrected chi connectivity index (χ2v) is 3.89. The molecule has 1 aromatic rings. The first-order valence-corrected chi connectivity index (χ1v) is 5.49. The van der Waals surface area contributed by atoms with Gasteiger partial charge in [-0.25, -0.2) is 0 Å². The van der Waals surface area contributed by atoms with E-state index in [0.29, 0.717) is 0 Å². The van der Waals surface area contributed by atoms with E-state index in [9.17, 15) is 31.1 Å². The monoisotopic (exact) mass is 341 g/mol. The molecule has 11 heteroatoms. The largest absolute Gasteiger partial charge is 0.573 e. The van der Waals surface area contributed by atoms with Gasteiger partial charge in [-0.05, 0) is 11.6 Å². The van der Waals surface area contributed by atoms with Crippen molar-refractivity contribution in [2.24, 2.45) is 0 Å². The van der Waals surface area contributed by atoms with E-state index in [4.69, 9.17) is 23.2 Å². The van der Waals surface area contributed by atoms with E-state index in [1.165, 1.54) is 0 Å². The van der Waals surface area contributed by atoms with Crippen LogP contribution in [0.4, 0.5) is 26.3 Å². The Morgan fingerprint density at radius 1 is 1.25 bits per heavy atom. The van der Waals surface area contributed by atoms with Crippen molar-refractivity contribution < 1.29 is 35.9 Å². The van der Waals surface area contributed by atoms with Crippen LogP contribution in [-0.4, -0.2) is 16.6 Å². The second-order valence-electron chi connectivity index (χ2n) is 3.28. The lowest BCUT2D eigenvalue weighted by molar-refractivity contribution is -0.275. The highest BCUT2D eigenvalue weighted by atomic mass is 35.5. The summed E-state index contributed by atoms with van der Waals surface area (Å²) in [7, 11) is 0. The maximum atomic E-state index is 12.6. The van der Waals surface area contributed by atoms with Gasteiger partial charge in [0.1, 0.15) is 0 Å². The number of aromatic nitrogens is 1. The molecule has 1 rings (SSSR count). The van der Waals surface area contributed by atoms with E-state index < -0.39 is 46.2 Å². The summed E-state index contributed by atoms with van der Waals surface area (Å²) in [6.45, 7) is 0. The van der Waals surface area contributed by atoms with Crippen molar-refractivity contribution in [1.29, 1.82) is 0 Å². The fourth-order valence-corrected chi connectivity index (χ4v) is 1.64. The Balaban J connectivity index is 3.62. The number of rotatable bonds is 3. The predicted molar refractivity (Wildman–Crippen MR) is 55.7 cm³/mol. The third kappa shape index (κ3) is 3.89.